The van der Waals surface area contributed by atoms with Crippen LogP contribution in [0.15, 0.2) is 84.9 Å². The molecule has 0 aliphatic heterocycles. The van der Waals surface area contributed by atoms with Gasteiger partial charge in [-0.25, -0.2) is 0 Å². The van der Waals surface area contributed by atoms with Crippen LogP contribution >= 0.6 is 7.92 Å². The number of hydrogen-bond acceptors (Lipinski definition) is 0. The highest BCUT2D eigenvalue weighted by molar-refractivity contribution is 7.79. The van der Waals surface area contributed by atoms with Crippen molar-refractivity contribution in [3.05, 3.63) is 102 Å². The van der Waals surface area contributed by atoms with Crippen molar-refractivity contribution >= 4 is 29.9 Å². The molecule has 0 heterocycles. The molecule has 0 amide bonds. The molecule has 0 nitrogen and oxygen atoms in total. The van der Waals surface area contributed by atoms with E-state index in [9.17, 15) is 0 Å². The smallest absolute Gasteiger partial charge is 0.0131 e. The largest absolute Gasteiger partial charge is 0.0755 e. The third-order valence-corrected chi connectivity index (χ3v) is 6.33. The molecule has 0 saturated carbocycles. The van der Waals surface area contributed by atoms with E-state index in [2.05, 4.69) is 97.4 Å². The van der Waals surface area contributed by atoms with Gasteiger partial charge in [0.1, 0.15) is 0 Å². The maximum atomic E-state index is 2.35. The molecule has 0 aromatic heterocycles. The molecular formula is C21H16P. The average Bonchev–Trinajstić information content (AvgIpc) is 3.05. The molecule has 0 fully saturated rings. The Hall–Kier alpha value is -2.17. The Balaban J connectivity index is 1.86. The summed E-state index contributed by atoms with van der Waals surface area (Å²) < 4.78 is 0. The standard InChI is InChI=1S/C21H16P/c1-3-10-19(11-4-1)22(20-12-5-2-6-13-20)21-15-14-17-8-7-9-18(17)16-21/h1-16H. The van der Waals surface area contributed by atoms with E-state index in [4.69, 9.17) is 0 Å². The normalized spacial score (nSPS) is 12.6. The summed E-state index contributed by atoms with van der Waals surface area (Å²) in [5, 5.41) is 4.20. The first-order valence-electron chi connectivity index (χ1n) is 7.47. The van der Waals surface area contributed by atoms with E-state index in [-0.39, 0.29) is 0 Å². The summed E-state index contributed by atoms with van der Waals surface area (Å²) in [5.74, 6) is 0. The van der Waals surface area contributed by atoms with Crippen molar-refractivity contribution in [3.8, 4) is 0 Å². The first-order chi connectivity index (χ1) is 10.9. The summed E-state index contributed by atoms with van der Waals surface area (Å²) >= 11 is 0. The zero-order chi connectivity index (χ0) is 14.8. The van der Waals surface area contributed by atoms with Gasteiger partial charge in [0.05, 0.1) is 0 Å². The fourth-order valence-electron chi connectivity index (χ4n) is 2.85. The molecule has 1 heteroatoms. The van der Waals surface area contributed by atoms with Crippen LogP contribution in [0.1, 0.15) is 11.1 Å². The molecule has 1 aliphatic carbocycles. The summed E-state index contributed by atoms with van der Waals surface area (Å²) in [7, 11) is -0.500. The third-order valence-electron chi connectivity index (χ3n) is 3.91. The molecule has 0 saturated heterocycles. The second-order valence-electron chi connectivity index (χ2n) is 5.35. The summed E-state index contributed by atoms with van der Waals surface area (Å²) in [5.41, 5.74) is 2.65. The Bertz CT molecular complexity index is 764. The van der Waals surface area contributed by atoms with Crippen LogP contribution in [0.3, 0.4) is 0 Å². The van der Waals surface area contributed by atoms with Gasteiger partial charge in [0, 0.05) is 6.42 Å². The van der Waals surface area contributed by atoms with Crippen LogP contribution in [-0.2, 0) is 0 Å². The van der Waals surface area contributed by atoms with Crippen molar-refractivity contribution in [3.63, 3.8) is 0 Å². The van der Waals surface area contributed by atoms with E-state index in [0.29, 0.717) is 0 Å². The molecule has 3 aromatic rings. The molecule has 0 bridgehead atoms. The maximum Gasteiger partial charge on any atom is 0.0131 e. The fraction of sp³-hybridized carbons (Fsp3) is 0. The van der Waals surface area contributed by atoms with Crippen LogP contribution in [0.25, 0.3) is 6.08 Å². The Morgan fingerprint density at radius 2 is 1.18 bits per heavy atom. The zero-order valence-corrected chi connectivity index (χ0v) is 13.1. The maximum absolute atomic E-state index is 2.35. The molecule has 1 radical (unpaired) electrons. The minimum Gasteiger partial charge on any atom is -0.0755 e. The first kappa shape index (κ1) is 13.5. The molecule has 22 heavy (non-hydrogen) atoms. The van der Waals surface area contributed by atoms with Gasteiger partial charge in [-0.3, -0.25) is 0 Å². The van der Waals surface area contributed by atoms with E-state index in [1.807, 2.05) is 0 Å². The quantitative estimate of drug-likeness (QED) is 0.641. The molecule has 105 valence electrons. The lowest BCUT2D eigenvalue weighted by Crippen LogP contribution is -2.20. The van der Waals surface area contributed by atoms with Crippen molar-refractivity contribution < 1.29 is 0 Å². The van der Waals surface area contributed by atoms with Crippen molar-refractivity contribution in [2.24, 2.45) is 0 Å². The Kier molecular flexibility index (Phi) is 3.62. The highest BCUT2D eigenvalue weighted by Crippen LogP contribution is 2.34. The first-order valence-corrected chi connectivity index (χ1v) is 8.82. The van der Waals surface area contributed by atoms with Gasteiger partial charge in [0.15, 0.2) is 0 Å². The number of rotatable bonds is 3. The molecule has 0 atom stereocenters. The SMILES string of the molecule is [CH]1C=Cc2cc(P(c3ccccc3)c3ccccc3)ccc21. The number of benzene rings is 3. The van der Waals surface area contributed by atoms with Crippen LogP contribution in [0.5, 0.6) is 0 Å². The fourth-order valence-corrected chi connectivity index (χ4v) is 5.18. The predicted molar refractivity (Wildman–Crippen MR) is 97.6 cm³/mol. The van der Waals surface area contributed by atoms with Gasteiger partial charge in [-0.05, 0) is 41.0 Å². The van der Waals surface area contributed by atoms with Gasteiger partial charge in [0.2, 0.25) is 0 Å². The topological polar surface area (TPSA) is 0 Å². The summed E-state index contributed by atoms with van der Waals surface area (Å²) in [6.45, 7) is 0. The van der Waals surface area contributed by atoms with E-state index in [1.165, 1.54) is 27.0 Å². The monoisotopic (exact) mass is 299 g/mol. The van der Waals surface area contributed by atoms with Crippen LogP contribution in [0, 0.1) is 6.42 Å². The van der Waals surface area contributed by atoms with E-state index < -0.39 is 7.92 Å². The second kappa shape index (κ2) is 5.91. The minimum absolute atomic E-state index is 0.500. The van der Waals surface area contributed by atoms with Gasteiger partial charge in [-0.1, -0.05) is 84.9 Å². The highest BCUT2D eigenvalue weighted by Gasteiger charge is 2.17. The summed E-state index contributed by atoms with van der Waals surface area (Å²) in [4.78, 5) is 0. The lowest BCUT2D eigenvalue weighted by molar-refractivity contribution is 1.57. The number of fused-ring (bicyclic) bond motifs is 1. The Morgan fingerprint density at radius 1 is 0.545 bits per heavy atom. The van der Waals surface area contributed by atoms with Crippen LogP contribution in [0.2, 0.25) is 0 Å². The van der Waals surface area contributed by atoms with Crippen LogP contribution in [0.4, 0.5) is 0 Å². The van der Waals surface area contributed by atoms with Gasteiger partial charge in [-0.2, -0.15) is 0 Å². The Labute approximate surface area is 132 Å². The molecule has 1 aliphatic rings. The van der Waals surface area contributed by atoms with E-state index in [1.54, 1.807) is 0 Å². The van der Waals surface area contributed by atoms with Crippen molar-refractivity contribution in [2.45, 2.75) is 0 Å². The average molecular weight is 299 g/mol. The Morgan fingerprint density at radius 3 is 1.82 bits per heavy atom. The van der Waals surface area contributed by atoms with Crippen molar-refractivity contribution in [1.82, 2.24) is 0 Å². The molecular weight excluding hydrogens is 283 g/mol. The van der Waals surface area contributed by atoms with Crippen molar-refractivity contribution in [1.29, 1.82) is 0 Å². The minimum atomic E-state index is -0.500. The molecule has 0 N–H and O–H groups in total. The number of allylic oxidation sites excluding steroid dienone is 1. The van der Waals surface area contributed by atoms with Gasteiger partial charge >= 0.3 is 0 Å². The predicted octanol–water partition coefficient (Wildman–Crippen LogP) is 4.02. The lowest BCUT2D eigenvalue weighted by atomic mass is 10.1. The van der Waals surface area contributed by atoms with Crippen LogP contribution < -0.4 is 15.9 Å². The van der Waals surface area contributed by atoms with Gasteiger partial charge in [-0.15, -0.1) is 0 Å². The highest BCUT2D eigenvalue weighted by atomic mass is 31.1. The van der Waals surface area contributed by atoms with E-state index >= 15 is 0 Å². The number of hydrogen-bond donors (Lipinski definition) is 0. The molecule has 0 unspecified atom stereocenters. The van der Waals surface area contributed by atoms with E-state index in [0.717, 1.165) is 0 Å². The van der Waals surface area contributed by atoms with Gasteiger partial charge in [0.25, 0.3) is 0 Å². The summed E-state index contributed by atoms with van der Waals surface area (Å²) in [6.07, 6.45) is 6.50. The molecule has 4 rings (SSSR count). The third kappa shape index (κ3) is 2.51. The van der Waals surface area contributed by atoms with Crippen LogP contribution in [-0.4, -0.2) is 0 Å². The van der Waals surface area contributed by atoms with Crippen molar-refractivity contribution in [2.75, 3.05) is 0 Å². The molecule has 3 aromatic carbocycles. The second-order valence-corrected chi connectivity index (χ2v) is 7.57. The summed E-state index contributed by atoms with van der Waals surface area (Å²) in [6, 6.07) is 28.6. The van der Waals surface area contributed by atoms with Gasteiger partial charge < -0.3 is 0 Å². The lowest BCUT2D eigenvalue weighted by Gasteiger charge is -2.20. The molecule has 0 spiro atoms. The zero-order valence-electron chi connectivity index (χ0n) is 12.2.